The van der Waals surface area contributed by atoms with Crippen LogP contribution in [0.5, 0.6) is 5.88 Å². The van der Waals surface area contributed by atoms with Gasteiger partial charge in [0.2, 0.25) is 5.88 Å². The fourth-order valence-corrected chi connectivity index (χ4v) is 5.25. The van der Waals surface area contributed by atoms with Crippen LogP contribution in [-0.2, 0) is 16.7 Å². The second-order valence-corrected chi connectivity index (χ2v) is 11.8. The maximum atomic E-state index is 13.4. The lowest BCUT2D eigenvalue weighted by Gasteiger charge is -2.26. The van der Waals surface area contributed by atoms with Crippen LogP contribution in [0.3, 0.4) is 0 Å². The van der Waals surface area contributed by atoms with Crippen LogP contribution in [0.15, 0.2) is 79.1 Å². The van der Waals surface area contributed by atoms with E-state index in [4.69, 9.17) is 19.6 Å². The van der Waals surface area contributed by atoms with Crippen LogP contribution in [0.1, 0.15) is 32.2 Å². The lowest BCUT2D eigenvalue weighted by molar-refractivity contribution is 0.0336. The van der Waals surface area contributed by atoms with E-state index in [1.54, 1.807) is 24.1 Å². The third-order valence-corrected chi connectivity index (χ3v) is 7.69. The van der Waals surface area contributed by atoms with Crippen LogP contribution >= 0.6 is 0 Å². The van der Waals surface area contributed by atoms with Gasteiger partial charge in [0.05, 0.1) is 49.3 Å². The maximum Gasteiger partial charge on any atom is 0.324 e. The number of benzene rings is 2. The van der Waals surface area contributed by atoms with Gasteiger partial charge in [-0.05, 0) is 29.1 Å². The number of morpholine rings is 1. The average Bonchev–Trinajstić information content (AvgIpc) is 3.46. The molecule has 2 N–H and O–H groups in total. The Hall–Kier alpha value is -4.80. The zero-order valence-electron chi connectivity index (χ0n) is 25.5. The number of aromatic nitrogens is 4. The van der Waals surface area contributed by atoms with Crippen LogP contribution in [0, 0.1) is 0 Å². The van der Waals surface area contributed by atoms with E-state index in [1.165, 1.54) is 0 Å². The van der Waals surface area contributed by atoms with Crippen molar-refractivity contribution in [3.63, 3.8) is 0 Å². The second-order valence-electron chi connectivity index (χ2n) is 11.8. The second kappa shape index (κ2) is 12.4. The first kappa shape index (κ1) is 29.3. The number of rotatable bonds is 7. The fraction of sp³-hybridized carbons (Fsp3) is 0.294. The molecule has 0 aliphatic carbocycles. The summed E-state index contributed by atoms with van der Waals surface area (Å²) in [4.78, 5) is 24.8. The van der Waals surface area contributed by atoms with Gasteiger partial charge < -0.3 is 14.8 Å². The van der Waals surface area contributed by atoms with E-state index >= 15 is 0 Å². The monoisotopic (exact) mass is 591 g/mol. The van der Waals surface area contributed by atoms with Gasteiger partial charge in [0, 0.05) is 54.3 Å². The molecule has 0 bridgehead atoms. The molecule has 44 heavy (non-hydrogen) atoms. The van der Waals surface area contributed by atoms with Gasteiger partial charge in [-0.3, -0.25) is 15.2 Å². The first-order chi connectivity index (χ1) is 21.3. The number of hydrogen-bond donors (Lipinski definition) is 2. The molecule has 10 heteroatoms. The molecule has 1 aliphatic heterocycles. The van der Waals surface area contributed by atoms with Crippen molar-refractivity contribution in [2.75, 3.05) is 44.0 Å². The van der Waals surface area contributed by atoms with Gasteiger partial charge in [-0.15, -0.1) is 0 Å². The Morgan fingerprint density at radius 1 is 0.932 bits per heavy atom. The number of amides is 2. The molecule has 10 nitrogen and oxygen atoms in total. The van der Waals surface area contributed by atoms with Crippen molar-refractivity contribution in [3.05, 3.63) is 90.5 Å². The Morgan fingerprint density at radius 2 is 1.73 bits per heavy atom. The minimum absolute atomic E-state index is 0.223. The summed E-state index contributed by atoms with van der Waals surface area (Å²) in [6.07, 6.45) is 3.59. The van der Waals surface area contributed by atoms with Gasteiger partial charge in [0.25, 0.3) is 0 Å². The normalized spacial score (nSPS) is 14.0. The van der Waals surface area contributed by atoms with Crippen LogP contribution in [-0.4, -0.2) is 64.1 Å². The van der Waals surface area contributed by atoms with Crippen molar-refractivity contribution in [2.24, 2.45) is 0 Å². The summed E-state index contributed by atoms with van der Waals surface area (Å²) in [5.74, 6) is 1.03. The number of carbonyl (C=O) groups excluding carboxylic acids is 1. The third-order valence-electron chi connectivity index (χ3n) is 7.69. The molecule has 0 atom stereocenters. The molecule has 0 saturated carbocycles. The van der Waals surface area contributed by atoms with Crippen LogP contribution in [0.4, 0.5) is 16.3 Å². The van der Waals surface area contributed by atoms with E-state index in [2.05, 4.69) is 59.5 Å². The first-order valence-electron chi connectivity index (χ1n) is 14.7. The third kappa shape index (κ3) is 6.41. The lowest BCUT2D eigenvalue weighted by Crippen LogP contribution is -2.35. The van der Waals surface area contributed by atoms with E-state index in [1.807, 2.05) is 48.7 Å². The number of nitrogens with one attached hydrogen (secondary N) is 2. The van der Waals surface area contributed by atoms with Crippen LogP contribution < -0.4 is 15.4 Å². The molecular weight excluding hydrogens is 554 g/mol. The number of methoxy groups -OCH3 is 1. The summed E-state index contributed by atoms with van der Waals surface area (Å²) in [5, 5.41) is 12.8. The van der Waals surface area contributed by atoms with E-state index in [9.17, 15) is 4.79 Å². The molecule has 1 fully saturated rings. The van der Waals surface area contributed by atoms with Crippen molar-refractivity contribution in [3.8, 4) is 22.7 Å². The summed E-state index contributed by atoms with van der Waals surface area (Å²) in [5.41, 5.74) is 5.13. The summed E-state index contributed by atoms with van der Waals surface area (Å²) in [6, 6.07) is 21.4. The number of pyridine rings is 2. The highest BCUT2D eigenvalue weighted by atomic mass is 16.5. The molecule has 5 aromatic rings. The van der Waals surface area contributed by atoms with E-state index in [0.29, 0.717) is 23.1 Å². The largest absolute Gasteiger partial charge is 0.481 e. The Morgan fingerprint density at radius 3 is 2.41 bits per heavy atom. The highest BCUT2D eigenvalue weighted by Crippen LogP contribution is 2.33. The first-order valence-corrected chi connectivity index (χ1v) is 14.7. The topological polar surface area (TPSA) is 106 Å². The predicted molar refractivity (Wildman–Crippen MR) is 173 cm³/mol. The number of nitrogens with zero attached hydrogens (tertiary/aromatic N) is 5. The summed E-state index contributed by atoms with van der Waals surface area (Å²) < 4.78 is 12.3. The zero-order chi connectivity index (χ0) is 30.7. The highest BCUT2D eigenvalue weighted by molar-refractivity contribution is 6.09. The van der Waals surface area contributed by atoms with E-state index in [-0.39, 0.29) is 11.4 Å². The molecule has 2 aromatic carbocycles. The molecule has 1 aliphatic rings. The molecule has 0 radical (unpaired) electrons. The Kier molecular flexibility index (Phi) is 8.28. The fourth-order valence-electron chi connectivity index (χ4n) is 5.25. The average molecular weight is 592 g/mol. The number of urea groups is 1. The Balaban J connectivity index is 1.24. The summed E-state index contributed by atoms with van der Waals surface area (Å²) >= 11 is 0. The highest BCUT2D eigenvalue weighted by Gasteiger charge is 2.22. The summed E-state index contributed by atoms with van der Waals surface area (Å²) in [7, 11) is 1.57. The van der Waals surface area contributed by atoms with Crippen LogP contribution in [0.2, 0.25) is 0 Å². The molecular formula is C34H37N7O3. The molecule has 2 amide bonds. The molecule has 6 rings (SSSR count). The molecule has 3 aromatic heterocycles. The quantitative estimate of drug-likeness (QED) is 0.230. The minimum Gasteiger partial charge on any atom is -0.481 e. The Bertz CT molecular complexity index is 1750. The number of anilines is 2. The minimum atomic E-state index is -0.375. The van der Waals surface area contributed by atoms with Gasteiger partial charge in [-0.1, -0.05) is 57.2 Å². The van der Waals surface area contributed by atoms with Gasteiger partial charge in [0.15, 0.2) is 0 Å². The number of hydrogen-bond acceptors (Lipinski definition) is 7. The lowest BCUT2D eigenvalue weighted by atomic mass is 9.92. The predicted octanol–water partition coefficient (Wildman–Crippen LogP) is 6.26. The molecule has 226 valence electrons. The number of carbonyl (C=O) groups is 1. The van der Waals surface area contributed by atoms with Crippen molar-refractivity contribution < 1.29 is 14.3 Å². The molecule has 0 spiro atoms. The maximum absolute atomic E-state index is 13.4. The van der Waals surface area contributed by atoms with Crippen molar-refractivity contribution in [1.29, 1.82) is 0 Å². The molecule has 4 heterocycles. The number of fused-ring (bicyclic) bond motifs is 1. The van der Waals surface area contributed by atoms with Crippen LogP contribution in [0.25, 0.3) is 27.6 Å². The van der Waals surface area contributed by atoms with Gasteiger partial charge in [-0.25, -0.2) is 14.5 Å². The van der Waals surface area contributed by atoms with Crippen molar-refractivity contribution >= 4 is 28.3 Å². The SMILES string of the molecule is COc1ccc(-n2nc(C(C)(C)C)cc2NC(=O)Nc2ccc(-c3ccc(CN4CCOCC4)nc3)c3ccccc23)cn1. The number of ether oxygens (including phenoxy) is 2. The van der Waals surface area contributed by atoms with Gasteiger partial charge in [-0.2, -0.15) is 5.10 Å². The van der Waals surface area contributed by atoms with Crippen molar-refractivity contribution in [2.45, 2.75) is 32.7 Å². The smallest absolute Gasteiger partial charge is 0.324 e. The zero-order valence-corrected chi connectivity index (χ0v) is 25.5. The summed E-state index contributed by atoms with van der Waals surface area (Å²) in [6.45, 7) is 10.4. The molecule has 0 unspecified atom stereocenters. The van der Waals surface area contributed by atoms with Crippen molar-refractivity contribution in [1.82, 2.24) is 24.6 Å². The van der Waals surface area contributed by atoms with E-state index in [0.717, 1.165) is 66.1 Å². The van der Waals surface area contributed by atoms with E-state index < -0.39 is 0 Å². The standard InChI is InChI=1S/C34H37N7O3/c1-34(2,3)30-19-31(41(39-30)25-11-14-32(43-4)36-21-25)38-33(42)37-29-13-12-26(27-7-5-6-8-28(27)29)23-9-10-24(35-20-23)22-40-15-17-44-18-16-40/h5-14,19-21H,15-18,22H2,1-4H3,(H2,37,38,42). The van der Waals surface area contributed by atoms with Gasteiger partial charge >= 0.3 is 6.03 Å². The Labute approximate surface area is 257 Å². The van der Waals surface area contributed by atoms with Gasteiger partial charge in [0.1, 0.15) is 5.82 Å². The molecule has 1 saturated heterocycles.